The summed E-state index contributed by atoms with van der Waals surface area (Å²) < 4.78 is 2.05. The average Bonchev–Trinajstić information content (AvgIpc) is 3.08. The third-order valence-electron chi connectivity index (χ3n) is 2.71. The molecule has 0 aliphatic heterocycles. The average molecular weight is 321 g/mol. The Balaban J connectivity index is 1.76. The first-order valence-corrected chi connectivity index (χ1v) is 7.08. The third-order valence-corrected chi connectivity index (χ3v) is 3.72. The van der Waals surface area contributed by atoms with E-state index < -0.39 is 0 Å². The molecule has 0 fully saturated rings. The molecule has 0 atom stereocenters. The Morgan fingerprint density at radius 2 is 2.00 bits per heavy atom. The number of hydrogen-bond acceptors (Lipinski definition) is 6. The van der Waals surface area contributed by atoms with Gasteiger partial charge < -0.3 is 9.88 Å². The Hall–Kier alpha value is -2.32. The van der Waals surface area contributed by atoms with E-state index in [1.54, 1.807) is 18.5 Å². The molecule has 21 heavy (non-hydrogen) atoms. The van der Waals surface area contributed by atoms with Gasteiger partial charge in [0.1, 0.15) is 6.33 Å². The number of halogens is 1. The Kier molecular flexibility index (Phi) is 3.63. The second-order valence-corrected chi connectivity index (χ2v) is 5.72. The van der Waals surface area contributed by atoms with E-state index >= 15 is 0 Å². The van der Waals surface area contributed by atoms with Gasteiger partial charge in [-0.3, -0.25) is 4.79 Å². The van der Waals surface area contributed by atoms with Crippen molar-refractivity contribution in [3.63, 3.8) is 0 Å². The van der Waals surface area contributed by atoms with E-state index in [-0.39, 0.29) is 15.4 Å². The lowest BCUT2D eigenvalue weighted by Gasteiger charge is -2.04. The molecule has 7 nitrogen and oxygen atoms in total. The van der Waals surface area contributed by atoms with Crippen LogP contribution in [-0.2, 0) is 7.05 Å². The van der Waals surface area contributed by atoms with Gasteiger partial charge in [-0.25, -0.2) is 0 Å². The van der Waals surface area contributed by atoms with Gasteiger partial charge in [-0.2, -0.15) is 0 Å². The monoisotopic (exact) mass is 320 g/mol. The summed E-state index contributed by atoms with van der Waals surface area (Å²) in [6.07, 6.45) is 1.63. The fourth-order valence-electron chi connectivity index (χ4n) is 1.73. The molecule has 2 heterocycles. The van der Waals surface area contributed by atoms with Crippen LogP contribution in [0.1, 0.15) is 9.80 Å². The molecule has 1 amide bonds. The summed E-state index contributed by atoms with van der Waals surface area (Å²) in [5.41, 5.74) is 1.56. The molecule has 0 saturated carbocycles. The van der Waals surface area contributed by atoms with Crippen molar-refractivity contribution >= 4 is 34.5 Å². The van der Waals surface area contributed by atoms with Crippen molar-refractivity contribution in [1.29, 1.82) is 0 Å². The maximum absolute atomic E-state index is 11.9. The van der Waals surface area contributed by atoms with Crippen molar-refractivity contribution in [3.05, 3.63) is 40.1 Å². The second kappa shape index (κ2) is 5.58. The Bertz CT molecular complexity index is 781. The van der Waals surface area contributed by atoms with Gasteiger partial charge in [0.25, 0.3) is 5.91 Å². The van der Waals surface area contributed by atoms with E-state index in [4.69, 9.17) is 11.6 Å². The first kappa shape index (κ1) is 13.7. The van der Waals surface area contributed by atoms with E-state index in [1.807, 2.05) is 23.7 Å². The highest BCUT2D eigenvalue weighted by atomic mass is 35.5. The highest BCUT2D eigenvalue weighted by Crippen LogP contribution is 2.20. The van der Waals surface area contributed by atoms with Crippen LogP contribution in [-0.4, -0.2) is 30.9 Å². The number of hydrogen-bond donors (Lipinski definition) is 1. The lowest BCUT2D eigenvalue weighted by molar-refractivity contribution is 0.102. The fourth-order valence-corrected chi connectivity index (χ4v) is 2.45. The summed E-state index contributed by atoms with van der Waals surface area (Å²) in [5.74, 6) is 0.412. The highest BCUT2D eigenvalue weighted by Gasteiger charge is 2.12. The lowest BCUT2D eigenvalue weighted by atomic mass is 10.2. The summed E-state index contributed by atoms with van der Waals surface area (Å²) >= 11 is 6.68. The topological polar surface area (TPSA) is 85.6 Å². The molecule has 2 aromatic heterocycles. The standard InChI is InChI=1S/C12H9ClN6OS/c1-19-6-14-16-9(19)7-2-4-8(5-3-7)15-10(20)11-17-18-12(13)21-11/h2-6H,1H3,(H,15,20). The number of rotatable bonds is 3. The molecule has 0 radical (unpaired) electrons. The highest BCUT2D eigenvalue weighted by molar-refractivity contribution is 7.17. The molecule has 0 aliphatic rings. The normalized spacial score (nSPS) is 10.6. The minimum Gasteiger partial charge on any atom is -0.320 e. The molecule has 0 bridgehead atoms. The van der Waals surface area contributed by atoms with Crippen LogP contribution in [0.2, 0.25) is 4.47 Å². The predicted molar refractivity (Wildman–Crippen MR) is 79.3 cm³/mol. The number of nitrogens with one attached hydrogen (secondary N) is 1. The van der Waals surface area contributed by atoms with Crippen LogP contribution in [0, 0.1) is 0 Å². The zero-order valence-corrected chi connectivity index (χ0v) is 12.4. The molecule has 3 aromatic rings. The Labute approximate surface area is 128 Å². The van der Waals surface area contributed by atoms with Crippen molar-refractivity contribution in [3.8, 4) is 11.4 Å². The van der Waals surface area contributed by atoms with E-state index in [2.05, 4.69) is 25.7 Å². The smallest absolute Gasteiger partial charge is 0.286 e. The van der Waals surface area contributed by atoms with Crippen LogP contribution < -0.4 is 5.32 Å². The minimum absolute atomic E-state index is 0.220. The van der Waals surface area contributed by atoms with Crippen LogP contribution >= 0.6 is 22.9 Å². The largest absolute Gasteiger partial charge is 0.320 e. The summed E-state index contributed by atoms with van der Waals surface area (Å²) in [6.45, 7) is 0. The molecule has 3 rings (SSSR count). The number of carbonyl (C=O) groups is 1. The molecule has 106 valence electrons. The van der Waals surface area contributed by atoms with Crippen LogP contribution in [0.25, 0.3) is 11.4 Å². The van der Waals surface area contributed by atoms with Gasteiger partial charge >= 0.3 is 0 Å². The zero-order chi connectivity index (χ0) is 14.8. The lowest BCUT2D eigenvalue weighted by Crippen LogP contribution is -2.11. The summed E-state index contributed by atoms with van der Waals surface area (Å²) in [5, 5.41) is 18.1. The van der Waals surface area contributed by atoms with Crippen molar-refractivity contribution < 1.29 is 4.79 Å². The maximum Gasteiger partial charge on any atom is 0.286 e. The SMILES string of the molecule is Cn1cnnc1-c1ccc(NC(=O)c2nnc(Cl)s2)cc1. The molecule has 1 aromatic carbocycles. The van der Waals surface area contributed by atoms with E-state index in [1.165, 1.54) is 0 Å². The molecular formula is C12H9ClN6OS. The molecule has 0 aliphatic carbocycles. The van der Waals surface area contributed by atoms with Gasteiger partial charge in [0.15, 0.2) is 5.82 Å². The van der Waals surface area contributed by atoms with Gasteiger partial charge in [-0.15, -0.1) is 20.4 Å². The van der Waals surface area contributed by atoms with Gasteiger partial charge in [0.2, 0.25) is 9.47 Å². The zero-order valence-electron chi connectivity index (χ0n) is 10.8. The van der Waals surface area contributed by atoms with Gasteiger partial charge in [-0.1, -0.05) is 11.3 Å². The van der Waals surface area contributed by atoms with Crippen LogP contribution in [0.4, 0.5) is 5.69 Å². The van der Waals surface area contributed by atoms with E-state index in [0.717, 1.165) is 22.7 Å². The molecule has 0 spiro atoms. The van der Waals surface area contributed by atoms with Crippen LogP contribution in [0.3, 0.4) is 0 Å². The molecule has 0 saturated heterocycles. The number of aromatic nitrogens is 5. The molecule has 9 heteroatoms. The molecule has 0 unspecified atom stereocenters. The third kappa shape index (κ3) is 2.91. The van der Waals surface area contributed by atoms with E-state index in [9.17, 15) is 4.79 Å². The maximum atomic E-state index is 11.9. The first-order valence-electron chi connectivity index (χ1n) is 5.88. The Morgan fingerprint density at radius 3 is 2.57 bits per heavy atom. The van der Waals surface area contributed by atoms with Crippen molar-refractivity contribution in [2.75, 3.05) is 5.32 Å². The summed E-state index contributed by atoms with van der Waals surface area (Å²) in [6, 6.07) is 7.27. The predicted octanol–water partition coefficient (Wildman–Crippen LogP) is 2.24. The Morgan fingerprint density at radius 1 is 1.24 bits per heavy atom. The quantitative estimate of drug-likeness (QED) is 0.800. The first-order chi connectivity index (χ1) is 10.1. The molecular weight excluding hydrogens is 312 g/mol. The number of amides is 1. The summed E-state index contributed by atoms with van der Waals surface area (Å²) in [7, 11) is 1.87. The fraction of sp³-hybridized carbons (Fsp3) is 0.0833. The van der Waals surface area contributed by atoms with Crippen molar-refractivity contribution in [2.24, 2.45) is 7.05 Å². The molecule has 1 N–H and O–H groups in total. The van der Waals surface area contributed by atoms with Crippen molar-refractivity contribution in [2.45, 2.75) is 0 Å². The van der Waals surface area contributed by atoms with Gasteiger partial charge in [0.05, 0.1) is 0 Å². The van der Waals surface area contributed by atoms with Gasteiger partial charge in [0, 0.05) is 18.3 Å². The van der Waals surface area contributed by atoms with E-state index in [0.29, 0.717) is 5.69 Å². The number of carbonyl (C=O) groups excluding carboxylic acids is 1. The minimum atomic E-state index is -0.342. The number of anilines is 1. The van der Waals surface area contributed by atoms with Crippen LogP contribution in [0.5, 0.6) is 0 Å². The number of aryl methyl sites for hydroxylation is 1. The number of nitrogens with zero attached hydrogens (tertiary/aromatic N) is 5. The van der Waals surface area contributed by atoms with Gasteiger partial charge in [-0.05, 0) is 35.9 Å². The summed E-state index contributed by atoms with van der Waals surface area (Å²) in [4.78, 5) is 11.9. The second-order valence-electron chi connectivity index (χ2n) is 4.16. The van der Waals surface area contributed by atoms with Crippen LogP contribution in [0.15, 0.2) is 30.6 Å². The van der Waals surface area contributed by atoms with Crippen molar-refractivity contribution in [1.82, 2.24) is 25.0 Å². The number of benzene rings is 1.